The number of halogens is 1. The van der Waals surface area contributed by atoms with E-state index in [1.807, 2.05) is 21.7 Å². The molecule has 0 saturated carbocycles. The lowest BCUT2D eigenvalue weighted by atomic mass is 9.92. The molecule has 2 fully saturated rings. The van der Waals surface area contributed by atoms with E-state index in [9.17, 15) is 9.59 Å². The monoisotopic (exact) mass is 346 g/mol. The maximum atomic E-state index is 12.4. The van der Waals surface area contributed by atoms with E-state index in [0.29, 0.717) is 24.9 Å². The maximum absolute atomic E-state index is 12.4. The van der Waals surface area contributed by atoms with Crippen molar-refractivity contribution in [3.63, 3.8) is 0 Å². The zero-order chi connectivity index (χ0) is 16.1. The summed E-state index contributed by atoms with van der Waals surface area (Å²) in [5.41, 5.74) is 0. The number of likely N-dealkylation sites (N-methyl/N-ethyl adjacent to an activating group) is 1. The third-order valence-corrected chi connectivity index (χ3v) is 4.50. The zero-order valence-electron chi connectivity index (χ0n) is 14.6. The van der Waals surface area contributed by atoms with Crippen LogP contribution in [0.3, 0.4) is 0 Å². The molecule has 2 saturated heterocycles. The van der Waals surface area contributed by atoms with Crippen LogP contribution in [0.4, 0.5) is 0 Å². The normalized spacial score (nSPS) is 25.2. The number of likely N-dealkylation sites (tertiary alicyclic amines) is 1. The molecular formula is C16H31ClN4O2. The molecule has 2 amide bonds. The molecule has 2 aliphatic rings. The standard InChI is InChI=1S/C16H30N4O2.ClH/c1-13-8-14(2)10-20(9-13)16(22)12-18(3)11-15(21)19-6-4-17-5-7-19;/h13-14,17H,4-12H2,1-3H3;1H. The number of carbonyl (C=O) groups excluding carboxylic acids is 2. The summed E-state index contributed by atoms with van der Waals surface area (Å²) in [5, 5.41) is 3.24. The molecule has 23 heavy (non-hydrogen) atoms. The van der Waals surface area contributed by atoms with E-state index in [1.165, 1.54) is 6.42 Å². The van der Waals surface area contributed by atoms with Crippen molar-refractivity contribution in [1.82, 2.24) is 20.0 Å². The van der Waals surface area contributed by atoms with Crippen LogP contribution in [0.15, 0.2) is 0 Å². The molecular weight excluding hydrogens is 316 g/mol. The van der Waals surface area contributed by atoms with E-state index in [4.69, 9.17) is 0 Å². The first-order valence-corrected chi connectivity index (χ1v) is 8.40. The molecule has 0 aliphatic carbocycles. The van der Waals surface area contributed by atoms with Crippen LogP contribution < -0.4 is 5.32 Å². The van der Waals surface area contributed by atoms with Gasteiger partial charge in [0.05, 0.1) is 13.1 Å². The summed E-state index contributed by atoms with van der Waals surface area (Å²) < 4.78 is 0. The van der Waals surface area contributed by atoms with Gasteiger partial charge in [-0.05, 0) is 25.3 Å². The first-order valence-electron chi connectivity index (χ1n) is 8.40. The van der Waals surface area contributed by atoms with Gasteiger partial charge in [0.15, 0.2) is 0 Å². The van der Waals surface area contributed by atoms with Gasteiger partial charge in [-0.25, -0.2) is 0 Å². The van der Waals surface area contributed by atoms with Gasteiger partial charge in [-0.3, -0.25) is 14.5 Å². The second-order valence-electron chi connectivity index (χ2n) is 7.05. The van der Waals surface area contributed by atoms with Crippen LogP contribution in [0.5, 0.6) is 0 Å². The van der Waals surface area contributed by atoms with Crippen molar-refractivity contribution < 1.29 is 9.59 Å². The lowest BCUT2D eigenvalue weighted by Crippen LogP contribution is -2.51. The molecule has 0 bridgehead atoms. The highest BCUT2D eigenvalue weighted by Crippen LogP contribution is 2.20. The van der Waals surface area contributed by atoms with E-state index in [0.717, 1.165) is 39.3 Å². The van der Waals surface area contributed by atoms with Crippen molar-refractivity contribution >= 4 is 24.2 Å². The summed E-state index contributed by atoms with van der Waals surface area (Å²) in [6.07, 6.45) is 1.20. The topological polar surface area (TPSA) is 55.9 Å². The predicted molar refractivity (Wildman–Crippen MR) is 93.7 cm³/mol. The third kappa shape index (κ3) is 6.28. The van der Waals surface area contributed by atoms with Crippen LogP contribution in [0.25, 0.3) is 0 Å². The van der Waals surface area contributed by atoms with Gasteiger partial charge in [-0.15, -0.1) is 12.4 Å². The van der Waals surface area contributed by atoms with Crippen molar-refractivity contribution in [3.05, 3.63) is 0 Å². The molecule has 2 heterocycles. The maximum Gasteiger partial charge on any atom is 0.236 e. The number of rotatable bonds is 4. The largest absolute Gasteiger partial charge is 0.341 e. The van der Waals surface area contributed by atoms with Gasteiger partial charge in [0.2, 0.25) is 11.8 Å². The van der Waals surface area contributed by atoms with Gasteiger partial charge >= 0.3 is 0 Å². The molecule has 0 spiro atoms. The molecule has 2 unspecified atom stereocenters. The molecule has 7 heteroatoms. The fourth-order valence-corrected chi connectivity index (χ4v) is 3.50. The molecule has 0 aromatic rings. The molecule has 2 atom stereocenters. The Kier molecular flexibility index (Phi) is 8.29. The fourth-order valence-electron chi connectivity index (χ4n) is 3.50. The Balaban J connectivity index is 0.00000264. The Labute approximate surface area is 146 Å². The average Bonchev–Trinajstić information content (AvgIpc) is 2.47. The summed E-state index contributed by atoms with van der Waals surface area (Å²) in [6, 6.07) is 0. The molecule has 2 rings (SSSR count). The van der Waals surface area contributed by atoms with E-state index in [-0.39, 0.29) is 24.2 Å². The number of amides is 2. The Morgan fingerprint density at radius 3 is 2.00 bits per heavy atom. The van der Waals surface area contributed by atoms with Crippen molar-refractivity contribution in [3.8, 4) is 0 Å². The van der Waals surface area contributed by atoms with Crippen LogP contribution in [0, 0.1) is 11.8 Å². The predicted octanol–water partition coefficient (Wildman–Crippen LogP) is 0.276. The average molecular weight is 347 g/mol. The molecule has 2 aliphatic heterocycles. The van der Waals surface area contributed by atoms with E-state index in [2.05, 4.69) is 19.2 Å². The highest BCUT2D eigenvalue weighted by molar-refractivity contribution is 5.85. The van der Waals surface area contributed by atoms with Gasteiger partial charge in [0, 0.05) is 39.3 Å². The SMILES string of the molecule is CC1CC(C)CN(C(=O)CN(C)CC(=O)N2CCNCC2)C1.Cl. The van der Waals surface area contributed by atoms with Crippen LogP contribution in [0.1, 0.15) is 20.3 Å². The van der Waals surface area contributed by atoms with E-state index >= 15 is 0 Å². The number of nitrogens with zero attached hydrogens (tertiary/aromatic N) is 3. The quantitative estimate of drug-likeness (QED) is 0.794. The summed E-state index contributed by atoms with van der Waals surface area (Å²) in [4.78, 5) is 30.3. The Morgan fingerprint density at radius 1 is 1.00 bits per heavy atom. The van der Waals surface area contributed by atoms with Crippen molar-refractivity contribution in [2.24, 2.45) is 11.8 Å². The first-order chi connectivity index (χ1) is 10.5. The third-order valence-electron chi connectivity index (χ3n) is 4.50. The van der Waals surface area contributed by atoms with Crippen LogP contribution >= 0.6 is 12.4 Å². The highest BCUT2D eigenvalue weighted by atomic mass is 35.5. The molecule has 134 valence electrons. The number of hydrogen-bond donors (Lipinski definition) is 1. The lowest BCUT2D eigenvalue weighted by molar-refractivity contribution is -0.137. The van der Waals surface area contributed by atoms with Gasteiger partial charge in [0.25, 0.3) is 0 Å². The number of piperazine rings is 1. The summed E-state index contributed by atoms with van der Waals surface area (Å²) in [6.45, 7) is 10.0. The summed E-state index contributed by atoms with van der Waals surface area (Å²) >= 11 is 0. The molecule has 0 aromatic carbocycles. The van der Waals surface area contributed by atoms with E-state index in [1.54, 1.807) is 0 Å². The minimum atomic E-state index is 0. The Morgan fingerprint density at radius 2 is 1.48 bits per heavy atom. The molecule has 6 nitrogen and oxygen atoms in total. The minimum absolute atomic E-state index is 0. The van der Waals surface area contributed by atoms with Crippen molar-refractivity contribution in [1.29, 1.82) is 0 Å². The second kappa shape index (κ2) is 9.45. The molecule has 1 N–H and O–H groups in total. The number of carbonyl (C=O) groups is 2. The Hall–Kier alpha value is -0.850. The van der Waals surface area contributed by atoms with Crippen LogP contribution in [-0.4, -0.2) is 85.9 Å². The smallest absolute Gasteiger partial charge is 0.236 e. The molecule has 0 radical (unpaired) electrons. The minimum Gasteiger partial charge on any atom is -0.341 e. The molecule has 0 aromatic heterocycles. The Bertz CT molecular complexity index is 392. The number of piperidine rings is 1. The second-order valence-corrected chi connectivity index (χ2v) is 7.05. The summed E-state index contributed by atoms with van der Waals surface area (Å²) in [5.74, 6) is 1.41. The van der Waals surface area contributed by atoms with Gasteiger partial charge in [-0.2, -0.15) is 0 Å². The van der Waals surface area contributed by atoms with Crippen molar-refractivity contribution in [2.75, 3.05) is 59.4 Å². The van der Waals surface area contributed by atoms with Crippen LogP contribution in [0.2, 0.25) is 0 Å². The van der Waals surface area contributed by atoms with Crippen LogP contribution in [-0.2, 0) is 9.59 Å². The number of hydrogen-bond acceptors (Lipinski definition) is 4. The van der Waals surface area contributed by atoms with Crippen molar-refractivity contribution in [2.45, 2.75) is 20.3 Å². The van der Waals surface area contributed by atoms with Gasteiger partial charge in [0.1, 0.15) is 0 Å². The first kappa shape index (κ1) is 20.2. The summed E-state index contributed by atoms with van der Waals surface area (Å²) in [7, 11) is 1.86. The number of nitrogens with one attached hydrogen (secondary N) is 1. The fraction of sp³-hybridized carbons (Fsp3) is 0.875. The zero-order valence-corrected chi connectivity index (χ0v) is 15.4. The van der Waals surface area contributed by atoms with Gasteiger partial charge in [-0.1, -0.05) is 13.8 Å². The lowest BCUT2D eigenvalue weighted by Gasteiger charge is -2.36. The highest BCUT2D eigenvalue weighted by Gasteiger charge is 2.26. The van der Waals surface area contributed by atoms with Gasteiger partial charge < -0.3 is 15.1 Å². The van der Waals surface area contributed by atoms with E-state index < -0.39 is 0 Å².